The number of nitrogens with zero attached hydrogens (tertiary/aromatic N) is 2. The smallest absolute Gasteiger partial charge is 0.264 e. The minimum Gasteiger partial charge on any atom is -0.352 e. The SMILES string of the molecule is CC[C@@H](C(=O)NC1CCCC1)N(Cc1ccc(C)cc1)C(=O)CN(c1cccc(C)c1)S(=O)(=O)c1ccc(C)cc1. The van der Waals surface area contributed by atoms with E-state index in [1.54, 1.807) is 47.4 Å². The molecule has 0 unspecified atom stereocenters. The van der Waals surface area contributed by atoms with Crippen molar-refractivity contribution in [3.63, 3.8) is 0 Å². The van der Waals surface area contributed by atoms with Crippen molar-refractivity contribution in [2.45, 2.75) is 83.3 Å². The fraction of sp³-hybridized carbons (Fsp3) is 0.394. The molecule has 1 aliphatic carbocycles. The standard InChI is InChI=1S/C33H41N3O4S/c1-5-31(33(38)34-28-10-6-7-11-28)35(22-27-17-13-24(2)14-18-27)32(37)23-36(29-12-8-9-26(4)21-29)41(39,40)30-19-15-25(3)16-20-30/h8-9,12-21,28,31H,5-7,10-11,22-23H2,1-4H3,(H,34,38)/t31-/m0/s1. The Morgan fingerprint density at radius 2 is 1.49 bits per heavy atom. The zero-order valence-electron chi connectivity index (χ0n) is 24.5. The summed E-state index contributed by atoms with van der Waals surface area (Å²) < 4.78 is 29.1. The molecule has 218 valence electrons. The Kier molecular flexibility index (Phi) is 9.86. The van der Waals surface area contributed by atoms with E-state index in [9.17, 15) is 18.0 Å². The van der Waals surface area contributed by atoms with E-state index in [1.165, 1.54) is 0 Å². The molecule has 1 saturated carbocycles. The molecule has 1 atom stereocenters. The van der Waals surface area contributed by atoms with Crippen LogP contribution in [0.4, 0.5) is 5.69 Å². The van der Waals surface area contributed by atoms with Crippen molar-refractivity contribution in [3.05, 3.63) is 95.1 Å². The van der Waals surface area contributed by atoms with Gasteiger partial charge in [0, 0.05) is 12.6 Å². The first-order valence-corrected chi connectivity index (χ1v) is 15.8. The van der Waals surface area contributed by atoms with Crippen molar-refractivity contribution >= 4 is 27.5 Å². The van der Waals surface area contributed by atoms with Crippen LogP contribution in [0.5, 0.6) is 0 Å². The second-order valence-electron chi connectivity index (χ2n) is 11.1. The topological polar surface area (TPSA) is 86.8 Å². The van der Waals surface area contributed by atoms with Gasteiger partial charge in [0.2, 0.25) is 11.8 Å². The molecule has 4 rings (SSSR count). The third-order valence-corrected chi connectivity index (χ3v) is 9.53. The largest absolute Gasteiger partial charge is 0.352 e. The first-order valence-electron chi connectivity index (χ1n) is 14.4. The van der Waals surface area contributed by atoms with Crippen LogP contribution in [0.1, 0.15) is 61.3 Å². The molecule has 2 amide bonds. The predicted octanol–water partition coefficient (Wildman–Crippen LogP) is 5.67. The van der Waals surface area contributed by atoms with Crippen molar-refractivity contribution in [3.8, 4) is 0 Å². The first kappa shape index (κ1) is 30.3. The summed E-state index contributed by atoms with van der Waals surface area (Å²) in [5, 5.41) is 3.15. The Labute approximate surface area is 244 Å². The summed E-state index contributed by atoms with van der Waals surface area (Å²) in [6.45, 7) is 7.41. The highest BCUT2D eigenvalue weighted by Gasteiger charge is 2.34. The molecular formula is C33H41N3O4S. The van der Waals surface area contributed by atoms with Gasteiger partial charge in [-0.25, -0.2) is 8.42 Å². The fourth-order valence-electron chi connectivity index (χ4n) is 5.33. The fourth-order valence-corrected chi connectivity index (χ4v) is 6.73. The molecule has 1 fully saturated rings. The lowest BCUT2D eigenvalue weighted by molar-refractivity contribution is -0.140. The van der Waals surface area contributed by atoms with Crippen molar-refractivity contribution in [1.29, 1.82) is 0 Å². The summed E-state index contributed by atoms with van der Waals surface area (Å²) in [6, 6.07) is 20.9. The van der Waals surface area contributed by atoms with Crippen LogP contribution in [0.3, 0.4) is 0 Å². The van der Waals surface area contributed by atoms with E-state index in [4.69, 9.17) is 0 Å². The van der Waals surface area contributed by atoms with Crippen molar-refractivity contribution in [1.82, 2.24) is 10.2 Å². The highest BCUT2D eigenvalue weighted by atomic mass is 32.2. The summed E-state index contributed by atoms with van der Waals surface area (Å²) in [6.07, 6.45) is 4.44. The average molecular weight is 576 g/mol. The normalized spacial score (nSPS) is 14.4. The molecule has 1 aliphatic rings. The molecule has 0 bridgehead atoms. The van der Waals surface area contributed by atoms with Crippen LogP contribution in [-0.4, -0.2) is 43.8 Å². The monoisotopic (exact) mass is 575 g/mol. The number of sulfonamides is 1. The third-order valence-electron chi connectivity index (χ3n) is 7.74. The van der Waals surface area contributed by atoms with E-state index < -0.39 is 28.5 Å². The van der Waals surface area contributed by atoms with E-state index in [2.05, 4.69) is 5.32 Å². The van der Waals surface area contributed by atoms with Gasteiger partial charge >= 0.3 is 0 Å². The second kappa shape index (κ2) is 13.3. The van der Waals surface area contributed by atoms with E-state index in [-0.39, 0.29) is 23.4 Å². The van der Waals surface area contributed by atoms with Gasteiger partial charge in [-0.3, -0.25) is 13.9 Å². The molecule has 0 heterocycles. The van der Waals surface area contributed by atoms with E-state index in [0.717, 1.165) is 52.2 Å². The summed E-state index contributed by atoms with van der Waals surface area (Å²) in [4.78, 5) is 29.4. The third kappa shape index (κ3) is 7.55. The molecule has 3 aromatic carbocycles. The molecule has 7 nitrogen and oxygen atoms in total. The molecule has 0 aliphatic heterocycles. The Hall–Kier alpha value is -3.65. The highest BCUT2D eigenvalue weighted by Crippen LogP contribution is 2.26. The molecule has 0 aromatic heterocycles. The van der Waals surface area contributed by atoms with E-state index >= 15 is 0 Å². The van der Waals surface area contributed by atoms with Gasteiger partial charge in [0.15, 0.2) is 0 Å². The van der Waals surface area contributed by atoms with Gasteiger partial charge in [-0.2, -0.15) is 0 Å². The summed E-state index contributed by atoms with van der Waals surface area (Å²) >= 11 is 0. The number of carbonyl (C=O) groups excluding carboxylic acids is 2. The van der Waals surface area contributed by atoms with Gasteiger partial charge in [-0.1, -0.05) is 79.4 Å². The van der Waals surface area contributed by atoms with Crippen LogP contribution < -0.4 is 9.62 Å². The first-order chi connectivity index (χ1) is 19.6. The Balaban J connectivity index is 1.71. The van der Waals surface area contributed by atoms with Crippen molar-refractivity contribution in [2.24, 2.45) is 0 Å². The van der Waals surface area contributed by atoms with Crippen LogP contribution in [0, 0.1) is 20.8 Å². The van der Waals surface area contributed by atoms with Crippen LogP contribution >= 0.6 is 0 Å². The lowest BCUT2D eigenvalue weighted by Crippen LogP contribution is -2.53. The van der Waals surface area contributed by atoms with E-state index in [0.29, 0.717) is 12.1 Å². The quantitative estimate of drug-likeness (QED) is 0.319. The Morgan fingerprint density at radius 1 is 0.878 bits per heavy atom. The molecule has 0 radical (unpaired) electrons. The number of rotatable bonds is 11. The molecule has 3 aromatic rings. The maximum atomic E-state index is 14.2. The molecule has 0 spiro atoms. The zero-order valence-corrected chi connectivity index (χ0v) is 25.3. The van der Waals surface area contributed by atoms with Crippen LogP contribution in [-0.2, 0) is 26.2 Å². The summed E-state index contributed by atoms with van der Waals surface area (Å²) in [5.41, 5.74) is 4.17. The molecular weight excluding hydrogens is 534 g/mol. The Bertz CT molecular complexity index is 1450. The summed E-state index contributed by atoms with van der Waals surface area (Å²) in [5.74, 6) is -0.625. The van der Waals surface area contributed by atoms with Crippen LogP contribution in [0.15, 0.2) is 77.7 Å². The molecule has 1 N–H and O–H groups in total. The van der Waals surface area contributed by atoms with Crippen molar-refractivity contribution in [2.75, 3.05) is 10.8 Å². The zero-order chi connectivity index (χ0) is 29.6. The van der Waals surface area contributed by atoms with Gasteiger partial charge in [0.05, 0.1) is 10.6 Å². The highest BCUT2D eigenvalue weighted by molar-refractivity contribution is 7.92. The maximum Gasteiger partial charge on any atom is 0.264 e. The predicted molar refractivity (Wildman–Crippen MR) is 163 cm³/mol. The number of nitrogens with one attached hydrogen (secondary N) is 1. The number of hydrogen-bond donors (Lipinski definition) is 1. The minimum absolute atomic E-state index is 0.105. The molecule has 41 heavy (non-hydrogen) atoms. The maximum absolute atomic E-state index is 14.2. The number of benzene rings is 3. The van der Waals surface area contributed by atoms with Crippen LogP contribution in [0.25, 0.3) is 0 Å². The van der Waals surface area contributed by atoms with Gasteiger partial charge in [-0.05, 0) is 75.4 Å². The second-order valence-corrected chi connectivity index (χ2v) is 12.9. The molecule has 0 saturated heterocycles. The lowest BCUT2D eigenvalue weighted by atomic mass is 10.1. The molecule has 8 heteroatoms. The van der Waals surface area contributed by atoms with Gasteiger partial charge < -0.3 is 10.2 Å². The van der Waals surface area contributed by atoms with Gasteiger partial charge in [0.1, 0.15) is 12.6 Å². The number of hydrogen-bond acceptors (Lipinski definition) is 4. The number of aryl methyl sites for hydroxylation is 3. The number of amides is 2. The lowest BCUT2D eigenvalue weighted by Gasteiger charge is -2.34. The van der Waals surface area contributed by atoms with Crippen LogP contribution in [0.2, 0.25) is 0 Å². The minimum atomic E-state index is -4.08. The van der Waals surface area contributed by atoms with Crippen molar-refractivity contribution < 1.29 is 18.0 Å². The van der Waals surface area contributed by atoms with Gasteiger partial charge in [-0.15, -0.1) is 0 Å². The van der Waals surface area contributed by atoms with E-state index in [1.807, 2.05) is 58.0 Å². The Morgan fingerprint density at radius 3 is 2.07 bits per heavy atom. The number of carbonyl (C=O) groups is 2. The number of anilines is 1. The van der Waals surface area contributed by atoms with Gasteiger partial charge in [0.25, 0.3) is 10.0 Å². The average Bonchev–Trinajstić information content (AvgIpc) is 3.45. The summed E-state index contributed by atoms with van der Waals surface area (Å²) in [7, 11) is -4.08.